The van der Waals surface area contributed by atoms with Gasteiger partial charge in [-0.1, -0.05) is 19.0 Å². The molecule has 0 radical (unpaired) electrons. The summed E-state index contributed by atoms with van der Waals surface area (Å²) >= 11 is 0. The quantitative estimate of drug-likeness (QED) is 0.668. The van der Waals surface area contributed by atoms with Crippen LogP contribution in [0, 0.1) is 0 Å². The molecule has 0 atom stereocenters. The first-order valence-corrected chi connectivity index (χ1v) is 3.88. The normalized spacial score (nSPS) is 11.3. The van der Waals surface area contributed by atoms with Crippen LogP contribution in [0.2, 0.25) is 0 Å². The van der Waals surface area contributed by atoms with E-state index < -0.39 is 5.41 Å². The van der Waals surface area contributed by atoms with E-state index in [1.807, 2.05) is 13.8 Å². The topological polar surface area (TPSA) is 75.4 Å². The number of aliphatic hydroxyl groups excluding tert-OH is 1. The van der Waals surface area contributed by atoms with Gasteiger partial charge in [-0.3, -0.25) is 4.79 Å². The summed E-state index contributed by atoms with van der Waals surface area (Å²) in [6.45, 7) is 3.60. The number of aromatic nitrogens is 1. The highest BCUT2D eigenvalue weighted by Crippen LogP contribution is 2.24. The number of nitrogens with one attached hydrogen (secondary N) is 1. The van der Waals surface area contributed by atoms with Gasteiger partial charge in [0.15, 0.2) is 5.82 Å². The van der Waals surface area contributed by atoms with Crippen molar-refractivity contribution >= 4 is 12.2 Å². The number of amides is 1. The van der Waals surface area contributed by atoms with Gasteiger partial charge in [-0.05, 0) is 0 Å². The van der Waals surface area contributed by atoms with Crippen molar-refractivity contribution in [2.75, 3.05) is 11.9 Å². The molecule has 1 aromatic rings. The minimum atomic E-state index is -0.476. The van der Waals surface area contributed by atoms with E-state index in [4.69, 9.17) is 9.63 Å². The molecule has 13 heavy (non-hydrogen) atoms. The Morgan fingerprint density at radius 2 is 2.46 bits per heavy atom. The predicted octanol–water partition coefficient (Wildman–Crippen LogP) is 0.513. The molecule has 0 aliphatic heterocycles. The molecule has 0 unspecified atom stereocenters. The van der Waals surface area contributed by atoms with Gasteiger partial charge in [0.2, 0.25) is 6.41 Å². The van der Waals surface area contributed by atoms with Crippen LogP contribution in [-0.2, 0) is 10.2 Å². The lowest BCUT2D eigenvalue weighted by atomic mass is 9.92. The lowest BCUT2D eigenvalue weighted by Gasteiger charge is -2.16. The number of carbonyl (C=O) groups is 1. The Bertz CT molecular complexity index is 293. The van der Waals surface area contributed by atoms with E-state index in [1.165, 1.54) is 0 Å². The minimum absolute atomic E-state index is 0.0390. The third-order valence-electron chi connectivity index (χ3n) is 1.78. The average Bonchev–Trinajstić information content (AvgIpc) is 2.54. The maximum absolute atomic E-state index is 10.1. The lowest BCUT2D eigenvalue weighted by Crippen LogP contribution is -2.21. The van der Waals surface area contributed by atoms with Crippen molar-refractivity contribution in [3.63, 3.8) is 0 Å². The molecule has 1 heterocycles. The van der Waals surface area contributed by atoms with Crippen molar-refractivity contribution in [1.82, 2.24) is 5.16 Å². The number of anilines is 1. The van der Waals surface area contributed by atoms with E-state index in [0.717, 1.165) is 0 Å². The van der Waals surface area contributed by atoms with E-state index in [0.29, 0.717) is 18.0 Å². The summed E-state index contributed by atoms with van der Waals surface area (Å²) in [6, 6.07) is 1.59. The summed E-state index contributed by atoms with van der Waals surface area (Å²) in [5, 5.41) is 15.0. The fraction of sp³-hybridized carbons (Fsp3) is 0.500. The summed E-state index contributed by atoms with van der Waals surface area (Å²) in [5.41, 5.74) is -0.476. The molecule has 5 heteroatoms. The van der Waals surface area contributed by atoms with Crippen molar-refractivity contribution in [2.24, 2.45) is 0 Å². The summed E-state index contributed by atoms with van der Waals surface area (Å²) in [5.74, 6) is 0.894. The van der Waals surface area contributed by atoms with Gasteiger partial charge in [-0.25, -0.2) is 0 Å². The largest absolute Gasteiger partial charge is 0.395 e. The maximum Gasteiger partial charge on any atom is 0.212 e. The predicted molar refractivity (Wildman–Crippen MR) is 46.3 cm³/mol. The molecule has 2 N–H and O–H groups in total. The summed E-state index contributed by atoms with van der Waals surface area (Å²) < 4.78 is 4.94. The Morgan fingerprint density at radius 3 is 3.00 bits per heavy atom. The molecular weight excluding hydrogens is 172 g/mol. The second-order valence-electron chi connectivity index (χ2n) is 3.38. The SMILES string of the molecule is CC(C)(CO)c1cc(NC=O)no1. The molecule has 0 fully saturated rings. The van der Waals surface area contributed by atoms with Crippen LogP contribution >= 0.6 is 0 Å². The van der Waals surface area contributed by atoms with E-state index in [2.05, 4.69) is 10.5 Å². The number of carbonyl (C=O) groups excluding carboxylic acids is 1. The Labute approximate surface area is 75.7 Å². The van der Waals surface area contributed by atoms with Gasteiger partial charge in [0.25, 0.3) is 0 Å². The van der Waals surface area contributed by atoms with E-state index in [9.17, 15) is 4.79 Å². The van der Waals surface area contributed by atoms with Crippen LogP contribution in [0.1, 0.15) is 19.6 Å². The first-order valence-electron chi connectivity index (χ1n) is 3.88. The van der Waals surface area contributed by atoms with Crippen molar-refractivity contribution in [1.29, 1.82) is 0 Å². The number of nitrogens with zero attached hydrogens (tertiary/aromatic N) is 1. The van der Waals surface area contributed by atoms with Crippen molar-refractivity contribution in [3.05, 3.63) is 11.8 Å². The van der Waals surface area contributed by atoms with Crippen LogP contribution in [0.5, 0.6) is 0 Å². The molecule has 0 aromatic carbocycles. The molecule has 72 valence electrons. The summed E-state index contributed by atoms with van der Waals surface area (Å²) in [6.07, 6.45) is 0.521. The van der Waals surface area contributed by atoms with E-state index in [1.54, 1.807) is 6.07 Å². The Morgan fingerprint density at radius 1 is 1.77 bits per heavy atom. The van der Waals surface area contributed by atoms with Gasteiger partial charge < -0.3 is 14.9 Å². The second kappa shape index (κ2) is 3.57. The fourth-order valence-corrected chi connectivity index (χ4v) is 0.800. The Kier molecular flexibility index (Phi) is 2.67. The van der Waals surface area contributed by atoms with Gasteiger partial charge >= 0.3 is 0 Å². The third-order valence-corrected chi connectivity index (χ3v) is 1.78. The molecule has 0 aliphatic rings. The van der Waals surface area contributed by atoms with Crippen molar-refractivity contribution < 1.29 is 14.4 Å². The number of hydrogen-bond acceptors (Lipinski definition) is 4. The average molecular weight is 184 g/mol. The number of hydrogen-bond donors (Lipinski definition) is 2. The van der Waals surface area contributed by atoms with Crippen LogP contribution in [0.3, 0.4) is 0 Å². The van der Waals surface area contributed by atoms with Gasteiger partial charge in [0, 0.05) is 11.5 Å². The molecule has 0 saturated carbocycles. The van der Waals surface area contributed by atoms with Crippen LogP contribution in [-0.4, -0.2) is 23.3 Å². The molecule has 0 bridgehead atoms. The third kappa shape index (κ3) is 2.06. The molecule has 1 amide bonds. The van der Waals surface area contributed by atoms with Crippen molar-refractivity contribution in [3.8, 4) is 0 Å². The van der Waals surface area contributed by atoms with Gasteiger partial charge in [0.1, 0.15) is 5.76 Å². The van der Waals surface area contributed by atoms with Gasteiger partial charge in [-0.15, -0.1) is 0 Å². The molecule has 1 aromatic heterocycles. The smallest absolute Gasteiger partial charge is 0.212 e. The summed E-state index contributed by atoms with van der Waals surface area (Å²) in [4.78, 5) is 10.1. The lowest BCUT2D eigenvalue weighted by molar-refractivity contribution is -0.105. The van der Waals surface area contributed by atoms with Crippen LogP contribution in [0.15, 0.2) is 10.6 Å². The van der Waals surface area contributed by atoms with Gasteiger partial charge in [0.05, 0.1) is 6.61 Å². The maximum atomic E-state index is 10.1. The van der Waals surface area contributed by atoms with E-state index >= 15 is 0 Å². The van der Waals surface area contributed by atoms with Crippen LogP contribution in [0.4, 0.5) is 5.82 Å². The minimum Gasteiger partial charge on any atom is -0.395 e. The molecule has 1 rings (SSSR count). The molecule has 0 spiro atoms. The standard InChI is InChI=1S/C8H12N2O3/c1-8(2,4-11)6-3-7(9-5-12)10-13-6/h3,5,11H,4H2,1-2H3,(H,9,10,12). The zero-order valence-corrected chi connectivity index (χ0v) is 7.57. The van der Waals surface area contributed by atoms with Crippen LogP contribution in [0.25, 0.3) is 0 Å². The molecule has 5 nitrogen and oxygen atoms in total. The first kappa shape index (κ1) is 9.73. The number of rotatable bonds is 4. The van der Waals surface area contributed by atoms with E-state index in [-0.39, 0.29) is 6.61 Å². The van der Waals surface area contributed by atoms with Crippen molar-refractivity contribution in [2.45, 2.75) is 19.3 Å². The fourth-order valence-electron chi connectivity index (χ4n) is 0.800. The van der Waals surface area contributed by atoms with Gasteiger partial charge in [-0.2, -0.15) is 0 Å². The Balaban J connectivity index is 2.84. The highest BCUT2D eigenvalue weighted by atomic mass is 16.5. The first-order chi connectivity index (χ1) is 6.10. The Hall–Kier alpha value is -1.36. The van der Waals surface area contributed by atoms with Crippen LogP contribution < -0.4 is 5.32 Å². The second-order valence-corrected chi connectivity index (χ2v) is 3.38. The molecular formula is C8H12N2O3. The number of aliphatic hydroxyl groups is 1. The molecule has 0 saturated heterocycles. The monoisotopic (exact) mass is 184 g/mol. The highest BCUT2D eigenvalue weighted by Gasteiger charge is 2.24. The zero-order chi connectivity index (χ0) is 9.90. The summed E-state index contributed by atoms with van der Waals surface area (Å²) in [7, 11) is 0. The zero-order valence-electron chi connectivity index (χ0n) is 7.57. The molecule has 0 aliphatic carbocycles. The highest BCUT2D eigenvalue weighted by molar-refractivity contribution is 5.68.